The fraction of sp³-hybridized carbons (Fsp3) is 0.235. The number of ether oxygens (including phenoxy) is 1. The first-order valence-electron chi connectivity index (χ1n) is 7.43. The Kier molecular flexibility index (Phi) is 4.63. The third-order valence-corrected chi connectivity index (χ3v) is 3.43. The van der Waals surface area contributed by atoms with E-state index in [2.05, 4.69) is 15.4 Å². The van der Waals surface area contributed by atoms with Gasteiger partial charge in [0.05, 0.1) is 13.0 Å². The van der Waals surface area contributed by atoms with E-state index in [0.29, 0.717) is 30.2 Å². The third-order valence-electron chi connectivity index (χ3n) is 3.43. The van der Waals surface area contributed by atoms with Gasteiger partial charge in [-0.25, -0.2) is 4.98 Å². The summed E-state index contributed by atoms with van der Waals surface area (Å²) < 4.78 is 6.74. The van der Waals surface area contributed by atoms with Gasteiger partial charge in [-0.1, -0.05) is 36.4 Å². The van der Waals surface area contributed by atoms with Crippen molar-refractivity contribution in [3.05, 3.63) is 59.9 Å². The minimum atomic E-state index is 0.00963. The van der Waals surface area contributed by atoms with Crippen molar-refractivity contribution in [2.75, 3.05) is 25.6 Å². The van der Waals surface area contributed by atoms with Crippen LogP contribution in [0.2, 0.25) is 0 Å². The first-order valence-corrected chi connectivity index (χ1v) is 7.43. The molecule has 0 unspecified atom stereocenters. The van der Waals surface area contributed by atoms with Crippen molar-refractivity contribution in [2.24, 2.45) is 0 Å². The van der Waals surface area contributed by atoms with E-state index in [-0.39, 0.29) is 12.2 Å². The second-order valence-electron chi connectivity index (χ2n) is 5.09. The second kappa shape index (κ2) is 7.02. The van der Waals surface area contributed by atoms with Crippen LogP contribution >= 0.6 is 0 Å². The predicted molar refractivity (Wildman–Crippen MR) is 87.8 cm³/mol. The van der Waals surface area contributed by atoms with Gasteiger partial charge < -0.3 is 10.1 Å². The van der Waals surface area contributed by atoms with Crippen LogP contribution in [0.15, 0.2) is 48.5 Å². The average molecular weight is 310 g/mol. The van der Waals surface area contributed by atoms with Crippen LogP contribution in [0.1, 0.15) is 16.2 Å². The summed E-state index contributed by atoms with van der Waals surface area (Å²) in [6.07, 6.45) is 0.184. The Balaban J connectivity index is 1.80. The van der Waals surface area contributed by atoms with E-state index in [1.54, 1.807) is 23.8 Å². The smallest absolute Gasteiger partial charge is 0.170 e. The number of fused-ring (bicyclic) bond motifs is 1. The van der Waals surface area contributed by atoms with Gasteiger partial charge >= 0.3 is 0 Å². The number of aromatic nitrogens is 3. The van der Waals surface area contributed by atoms with E-state index in [9.17, 15) is 4.79 Å². The Morgan fingerprint density at radius 3 is 2.78 bits per heavy atom. The van der Waals surface area contributed by atoms with E-state index < -0.39 is 0 Å². The highest BCUT2D eigenvalue weighted by Crippen LogP contribution is 2.12. The molecular weight excluding hydrogens is 292 g/mol. The van der Waals surface area contributed by atoms with Crippen LogP contribution in [0, 0.1) is 0 Å². The fourth-order valence-electron chi connectivity index (χ4n) is 2.31. The van der Waals surface area contributed by atoms with Crippen LogP contribution in [-0.4, -0.2) is 40.6 Å². The van der Waals surface area contributed by atoms with Gasteiger partial charge in [0.25, 0.3) is 0 Å². The van der Waals surface area contributed by atoms with Crippen LogP contribution < -0.4 is 5.32 Å². The largest absolute Gasteiger partial charge is 0.383 e. The summed E-state index contributed by atoms with van der Waals surface area (Å²) in [6, 6.07) is 14.9. The maximum atomic E-state index is 12.3. The number of nitrogens with one attached hydrogen (secondary N) is 1. The van der Waals surface area contributed by atoms with E-state index in [0.717, 1.165) is 5.82 Å². The number of anilines is 1. The van der Waals surface area contributed by atoms with Crippen molar-refractivity contribution in [3.63, 3.8) is 0 Å². The Labute approximate surface area is 134 Å². The van der Waals surface area contributed by atoms with E-state index in [1.165, 1.54) is 0 Å². The van der Waals surface area contributed by atoms with Crippen LogP contribution in [0.4, 0.5) is 5.82 Å². The lowest BCUT2D eigenvalue weighted by Crippen LogP contribution is -2.11. The molecule has 0 saturated heterocycles. The molecule has 0 radical (unpaired) electrons. The average Bonchev–Trinajstić information content (AvgIpc) is 2.99. The first kappa shape index (κ1) is 15.2. The molecule has 0 aliphatic rings. The molecule has 3 aromatic rings. The zero-order chi connectivity index (χ0) is 16.1. The van der Waals surface area contributed by atoms with Gasteiger partial charge in [0.1, 0.15) is 5.82 Å². The molecule has 6 nitrogen and oxygen atoms in total. The number of ketones is 1. The van der Waals surface area contributed by atoms with E-state index in [4.69, 9.17) is 4.74 Å². The van der Waals surface area contributed by atoms with Gasteiger partial charge in [0.2, 0.25) is 0 Å². The summed E-state index contributed by atoms with van der Waals surface area (Å²) >= 11 is 0. The number of carbonyl (C=O) groups is 1. The van der Waals surface area contributed by atoms with Crippen molar-refractivity contribution in [2.45, 2.75) is 6.42 Å². The summed E-state index contributed by atoms with van der Waals surface area (Å²) in [5.41, 5.74) is 1.38. The van der Waals surface area contributed by atoms with Crippen LogP contribution in [0.3, 0.4) is 0 Å². The number of pyridine rings is 1. The summed E-state index contributed by atoms with van der Waals surface area (Å²) in [5.74, 6) is 1.35. The molecule has 0 amide bonds. The molecule has 0 aliphatic carbocycles. The number of nitrogens with zero attached hydrogens (tertiary/aromatic N) is 3. The number of hydrogen-bond donors (Lipinski definition) is 1. The minimum absolute atomic E-state index is 0.00963. The van der Waals surface area contributed by atoms with Crippen molar-refractivity contribution < 1.29 is 9.53 Å². The molecular formula is C17H18N4O2. The SMILES string of the molecule is COCCNc1cccc2nc(CC(=O)c3ccccc3)nn12. The van der Waals surface area contributed by atoms with Gasteiger partial charge in [0.15, 0.2) is 17.3 Å². The zero-order valence-electron chi connectivity index (χ0n) is 12.9. The quantitative estimate of drug-likeness (QED) is 0.535. The lowest BCUT2D eigenvalue weighted by Gasteiger charge is -2.06. The third kappa shape index (κ3) is 3.54. The summed E-state index contributed by atoms with van der Waals surface area (Å²) in [6.45, 7) is 1.28. The molecule has 23 heavy (non-hydrogen) atoms. The summed E-state index contributed by atoms with van der Waals surface area (Å²) in [5, 5.41) is 7.68. The number of benzene rings is 1. The summed E-state index contributed by atoms with van der Waals surface area (Å²) in [7, 11) is 1.66. The number of carbonyl (C=O) groups excluding carboxylic acids is 1. The van der Waals surface area contributed by atoms with Gasteiger partial charge in [-0.05, 0) is 12.1 Å². The Bertz CT molecular complexity index is 799. The maximum Gasteiger partial charge on any atom is 0.170 e. The van der Waals surface area contributed by atoms with Crippen molar-refractivity contribution in [1.82, 2.24) is 14.6 Å². The monoisotopic (exact) mass is 310 g/mol. The number of hydrogen-bond acceptors (Lipinski definition) is 5. The highest BCUT2D eigenvalue weighted by Gasteiger charge is 2.12. The molecule has 0 aliphatic heterocycles. The maximum absolute atomic E-state index is 12.3. The lowest BCUT2D eigenvalue weighted by molar-refractivity contribution is 0.0991. The van der Waals surface area contributed by atoms with E-state index in [1.807, 2.05) is 36.4 Å². The minimum Gasteiger partial charge on any atom is -0.383 e. The number of rotatable bonds is 7. The predicted octanol–water partition coefficient (Wildman–Crippen LogP) is 2.21. The Morgan fingerprint density at radius 2 is 2.00 bits per heavy atom. The molecule has 0 bridgehead atoms. The molecule has 3 rings (SSSR count). The van der Waals surface area contributed by atoms with Crippen molar-refractivity contribution >= 4 is 17.2 Å². The van der Waals surface area contributed by atoms with Gasteiger partial charge in [0, 0.05) is 19.2 Å². The molecule has 0 atom stereocenters. The molecule has 1 aromatic carbocycles. The van der Waals surface area contributed by atoms with Crippen molar-refractivity contribution in [3.8, 4) is 0 Å². The molecule has 6 heteroatoms. The lowest BCUT2D eigenvalue weighted by atomic mass is 10.1. The molecule has 2 heterocycles. The van der Waals surface area contributed by atoms with Gasteiger partial charge in [-0.2, -0.15) is 4.52 Å². The highest BCUT2D eigenvalue weighted by molar-refractivity contribution is 5.97. The van der Waals surface area contributed by atoms with Crippen molar-refractivity contribution in [1.29, 1.82) is 0 Å². The Morgan fingerprint density at radius 1 is 1.17 bits per heavy atom. The van der Waals surface area contributed by atoms with E-state index >= 15 is 0 Å². The fourth-order valence-corrected chi connectivity index (χ4v) is 2.31. The zero-order valence-corrected chi connectivity index (χ0v) is 12.9. The molecule has 0 spiro atoms. The Hall–Kier alpha value is -2.73. The standard InChI is InChI=1S/C17H18N4O2/c1-23-11-10-18-16-8-5-9-17-19-15(20-21(16)17)12-14(22)13-6-3-2-4-7-13/h2-9,18H,10-12H2,1H3. The number of Topliss-reactive ketones (excluding diaryl/α,β-unsaturated/α-hetero) is 1. The summed E-state index contributed by atoms with van der Waals surface area (Å²) in [4.78, 5) is 16.7. The second-order valence-corrected chi connectivity index (χ2v) is 5.09. The molecule has 2 aromatic heterocycles. The van der Waals surface area contributed by atoms with Crippen LogP contribution in [0.5, 0.6) is 0 Å². The first-order chi connectivity index (χ1) is 11.3. The topological polar surface area (TPSA) is 68.5 Å². The number of methoxy groups -OCH3 is 1. The van der Waals surface area contributed by atoms with Crippen LogP contribution in [-0.2, 0) is 11.2 Å². The van der Waals surface area contributed by atoms with Gasteiger partial charge in [-0.3, -0.25) is 4.79 Å². The molecule has 118 valence electrons. The van der Waals surface area contributed by atoms with Crippen LogP contribution in [0.25, 0.3) is 5.65 Å². The van der Waals surface area contributed by atoms with Gasteiger partial charge in [-0.15, -0.1) is 5.10 Å². The molecule has 0 saturated carbocycles. The molecule has 0 fully saturated rings. The molecule has 1 N–H and O–H groups in total. The highest BCUT2D eigenvalue weighted by atomic mass is 16.5. The normalized spacial score (nSPS) is 10.8.